The van der Waals surface area contributed by atoms with Crippen molar-refractivity contribution in [3.05, 3.63) is 33.4 Å². The van der Waals surface area contributed by atoms with Crippen molar-refractivity contribution in [3.8, 4) is 0 Å². The van der Waals surface area contributed by atoms with E-state index in [1.807, 2.05) is 24.3 Å². The quantitative estimate of drug-likeness (QED) is 0.863. The number of hydrogen-bond donors (Lipinski definition) is 1. The van der Waals surface area contributed by atoms with Crippen molar-refractivity contribution < 1.29 is 9.53 Å². The van der Waals surface area contributed by atoms with Gasteiger partial charge in [0.25, 0.3) is 5.91 Å². The number of carbonyl (C=O) groups excluding carboxylic acids is 1. The molecule has 4 heteroatoms. The second-order valence-electron chi connectivity index (χ2n) is 4.01. The van der Waals surface area contributed by atoms with E-state index in [1.165, 1.54) is 0 Å². The average molecular weight is 331 g/mol. The van der Waals surface area contributed by atoms with Crippen LogP contribution in [0.4, 0.5) is 0 Å². The number of halogens is 1. The summed E-state index contributed by atoms with van der Waals surface area (Å²) in [5.74, 6) is 0.0101. The summed E-state index contributed by atoms with van der Waals surface area (Å²) in [4.78, 5) is 11.8. The molecule has 0 saturated heterocycles. The molecule has 0 aliphatic heterocycles. The first-order chi connectivity index (χ1) is 7.69. The van der Waals surface area contributed by atoms with Gasteiger partial charge in [0, 0.05) is 22.3 Å². The summed E-state index contributed by atoms with van der Waals surface area (Å²) in [6.45, 7) is 0. The van der Waals surface area contributed by atoms with Crippen molar-refractivity contribution in [2.45, 2.75) is 25.0 Å². The van der Waals surface area contributed by atoms with E-state index in [2.05, 4.69) is 27.9 Å². The van der Waals surface area contributed by atoms with Gasteiger partial charge in [0.1, 0.15) is 0 Å². The Morgan fingerprint density at radius 3 is 2.56 bits per heavy atom. The van der Waals surface area contributed by atoms with Crippen molar-refractivity contribution in [2.24, 2.45) is 0 Å². The molecule has 86 valence electrons. The highest BCUT2D eigenvalue weighted by Gasteiger charge is 2.30. The first kappa shape index (κ1) is 11.9. The second-order valence-corrected chi connectivity index (χ2v) is 5.25. The average Bonchev–Trinajstić information content (AvgIpc) is 2.23. The van der Waals surface area contributed by atoms with E-state index in [-0.39, 0.29) is 11.9 Å². The standard InChI is InChI=1S/C12H14INO2/c1-16-11-6-10(7-11)14-12(15)8-2-4-9(13)5-3-8/h2-5,10-11H,6-7H2,1H3,(H,14,15). The molecule has 0 atom stereocenters. The molecule has 1 saturated carbocycles. The van der Waals surface area contributed by atoms with Gasteiger partial charge in [0.05, 0.1) is 6.10 Å². The summed E-state index contributed by atoms with van der Waals surface area (Å²) in [6.07, 6.45) is 2.17. The Morgan fingerprint density at radius 1 is 1.38 bits per heavy atom. The third kappa shape index (κ3) is 2.74. The van der Waals surface area contributed by atoms with Gasteiger partial charge in [0.15, 0.2) is 0 Å². The molecule has 1 aromatic rings. The molecule has 0 unspecified atom stereocenters. The highest BCUT2D eigenvalue weighted by atomic mass is 127. The van der Waals surface area contributed by atoms with Gasteiger partial charge in [0.2, 0.25) is 0 Å². The zero-order valence-corrected chi connectivity index (χ0v) is 11.2. The van der Waals surface area contributed by atoms with Crippen molar-refractivity contribution >= 4 is 28.5 Å². The zero-order chi connectivity index (χ0) is 11.5. The molecule has 0 spiro atoms. The fraction of sp³-hybridized carbons (Fsp3) is 0.417. The maximum Gasteiger partial charge on any atom is 0.251 e. The molecule has 1 aliphatic rings. The maximum absolute atomic E-state index is 11.8. The minimum atomic E-state index is 0.0101. The van der Waals surface area contributed by atoms with E-state index in [9.17, 15) is 4.79 Å². The van der Waals surface area contributed by atoms with Crippen molar-refractivity contribution in [1.82, 2.24) is 5.32 Å². The fourth-order valence-corrected chi connectivity index (χ4v) is 2.11. The lowest BCUT2D eigenvalue weighted by Gasteiger charge is -2.34. The minimum absolute atomic E-state index is 0.0101. The number of ether oxygens (including phenoxy) is 1. The van der Waals surface area contributed by atoms with Gasteiger partial charge in [-0.25, -0.2) is 0 Å². The first-order valence-corrected chi connectivity index (χ1v) is 6.36. The van der Waals surface area contributed by atoms with Crippen LogP contribution in [0, 0.1) is 3.57 Å². The molecule has 1 N–H and O–H groups in total. The molecular weight excluding hydrogens is 317 g/mol. The highest BCUT2D eigenvalue weighted by molar-refractivity contribution is 14.1. The normalized spacial score (nSPS) is 23.6. The summed E-state index contributed by atoms with van der Waals surface area (Å²) in [5, 5.41) is 3.00. The van der Waals surface area contributed by atoms with Crippen LogP contribution < -0.4 is 5.32 Å². The van der Waals surface area contributed by atoms with Gasteiger partial charge in [-0.2, -0.15) is 0 Å². The van der Waals surface area contributed by atoms with Gasteiger partial charge in [-0.15, -0.1) is 0 Å². The SMILES string of the molecule is COC1CC(NC(=O)c2ccc(I)cc2)C1. The van der Waals surface area contributed by atoms with Crippen LogP contribution in [0.1, 0.15) is 23.2 Å². The van der Waals surface area contributed by atoms with Crippen molar-refractivity contribution in [1.29, 1.82) is 0 Å². The lowest BCUT2D eigenvalue weighted by Crippen LogP contribution is -2.47. The summed E-state index contributed by atoms with van der Waals surface area (Å²) in [7, 11) is 1.71. The fourth-order valence-electron chi connectivity index (χ4n) is 1.75. The molecule has 16 heavy (non-hydrogen) atoms. The third-order valence-electron chi connectivity index (χ3n) is 2.87. The number of nitrogens with one attached hydrogen (secondary N) is 1. The van der Waals surface area contributed by atoms with Crippen LogP contribution in [0.25, 0.3) is 0 Å². The number of carbonyl (C=O) groups is 1. The van der Waals surface area contributed by atoms with Gasteiger partial charge in [-0.05, 0) is 59.7 Å². The van der Waals surface area contributed by atoms with Crippen LogP contribution in [0.5, 0.6) is 0 Å². The van der Waals surface area contributed by atoms with Gasteiger partial charge < -0.3 is 10.1 Å². The van der Waals surface area contributed by atoms with E-state index in [0.717, 1.165) is 22.0 Å². The number of benzene rings is 1. The van der Waals surface area contributed by atoms with Crippen LogP contribution in [-0.4, -0.2) is 25.2 Å². The summed E-state index contributed by atoms with van der Waals surface area (Å²) in [5.41, 5.74) is 0.723. The second kappa shape index (κ2) is 5.14. The van der Waals surface area contributed by atoms with Gasteiger partial charge >= 0.3 is 0 Å². The molecule has 0 radical (unpaired) electrons. The van der Waals surface area contributed by atoms with Crippen molar-refractivity contribution in [2.75, 3.05) is 7.11 Å². The maximum atomic E-state index is 11.8. The summed E-state index contributed by atoms with van der Waals surface area (Å²) in [6, 6.07) is 7.85. The Kier molecular flexibility index (Phi) is 3.81. The molecule has 3 nitrogen and oxygen atoms in total. The zero-order valence-electron chi connectivity index (χ0n) is 9.07. The van der Waals surface area contributed by atoms with E-state index in [1.54, 1.807) is 7.11 Å². The van der Waals surface area contributed by atoms with Crippen LogP contribution >= 0.6 is 22.6 Å². The molecule has 0 heterocycles. The summed E-state index contributed by atoms with van der Waals surface area (Å²) < 4.78 is 6.30. The van der Waals surface area contributed by atoms with Crippen LogP contribution in [0.15, 0.2) is 24.3 Å². The van der Waals surface area contributed by atoms with Crippen molar-refractivity contribution in [3.63, 3.8) is 0 Å². The topological polar surface area (TPSA) is 38.3 Å². The Hall–Kier alpha value is -0.620. The predicted octanol–water partition coefficient (Wildman–Crippen LogP) is 2.20. The number of rotatable bonds is 3. The molecule has 0 bridgehead atoms. The minimum Gasteiger partial charge on any atom is -0.381 e. The van der Waals surface area contributed by atoms with Crippen LogP contribution in [0.2, 0.25) is 0 Å². The number of hydrogen-bond acceptors (Lipinski definition) is 2. The Morgan fingerprint density at radius 2 is 2.00 bits per heavy atom. The van der Waals surface area contributed by atoms with Gasteiger partial charge in [-0.3, -0.25) is 4.79 Å². The third-order valence-corrected chi connectivity index (χ3v) is 3.59. The molecule has 1 fully saturated rings. The number of amides is 1. The first-order valence-electron chi connectivity index (χ1n) is 5.28. The van der Waals surface area contributed by atoms with E-state index >= 15 is 0 Å². The Bertz CT molecular complexity index is 371. The monoisotopic (exact) mass is 331 g/mol. The van der Waals surface area contributed by atoms with E-state index < -0.39 is 0 Å². The molecule has 1 aromatic carbocycles. The van der Waals surface area contributed by atoms with Gasteiger partial charge in [-0.1, -0.05) is 0 Å². The van der Waals surface area contributed by atoms with E-state index in [0.29, 0.717) is 6.10 Å². The lowest BCUT2D eigenvalue weighted by molar-refractivity contribution is 0.0176. The van der Waals surface area contributed by atoms with Crippen LogP contribution in [0.3, 0.4) is 0 Å². The van der Waals surface area contributed by atoms with E-state index in [4.69, 9.17) is 4.74 Å². The molecule has 2 rings (SSSR count). The van der Waals surface area contributed by atoms with Crippen LogP contribution in [-0.2, 0) is 4.74 Å². The smallest absolute Gasteiger partial charge is 0.251 e. The lowest BCUT2D eigenvalue weighted by atomic mass is 9.89. The highest BCUT2D eigenvalue weighted by Crippen LogP contribution is 2.22. The Balaban J connectivity index is 1.87. The molecule has 1 aliphatic carbocycles. The summed E-state index contributed by atoms with van der Waals surface area (Å²) >= 11 is 2.22. The number of methoxy groups -OCH3 is 1. The molecule has 1 amide bonds. The Labute approximate surface area is 109 Å². The molecular formula is C12H14INO2. The largest absolute Gasteiger partial charge is 0.381 e. The molecule has 0 aromatic heterocycles. The predicted molar refractivity (Wildman–Crippen MR) is 70.4 cm³/mol.